The Balaban J connectivity index is 2.74. The average Bonchev–Trinajstić information content (AvgIpc) is 2.29. The van der Waals surface area contributed by atoms with Crippen molar-refractivity contribution in [2.24, 2.45) is 11.5 Å². The number of primary amides is 1. The Kier molecular flexibility index (Phi) is 3.11. The third-order valence-electron chi connectivity index (χ3n) is 1.92. The lowest BCUT2D eigenvalue weighted by Gasteiger charge is -2.18. The van der Waals surface area contributed by atoms with Gasteiger partial charge in [-0.1, -0.05) is 6.07 Å². The maximum Gasteiger partial charge on any atom is 0.335 e. The van der Waals surface area contributed by atoms with Crippen LogP contribution < -0.4 is 11.5 Å². The molecule has 0 bridgehead atoms. The van der Waals surface area contributed by atoms with E-state index in [4.69, 9.17) is 17.6 Å². The van der Waals surface area contributed by atoms with Gasteiger partial charge in [0.05, 0.1) is 1.37 Å². The van der Waals surface area contributed by atoms with E-state index in [1.54, 1.807) is 12.1 Å². The monoisotopic (exact) mass is 224 g/mol. The summed E-state index contributed by atoms with van der Waals surface area (Å²) in [5.41, 5.74) is 8.76. The van der Waals surface area contributed by atoms with Crippen molar-refractivity contribution in [1.29, 1.82) is 0 Å². The van der Waals surface area contributed by atoms with Gasteiger partial charge >= 0.3 is 5.97 Å². The van der Waals surface area contributed by atoms with E-state index in [0.29, 0.717) is 5.56 Å². The summed E-state index contributed by atoms with van der Waals surface area (Å²) in [6, 6.07) is 3.16. The van der Waals surface area contributed by atoms with Gasteiger partial charge in [0.25, 0.3) is 0 Å². The van der Waals surface area contributed by atoms with Crippen molar-refractivity contribution in [2.75, 3.05) is 0 Å². The lowest BCUT2D eigenvalue weighted by atomic mass is 10.0. The van der Waals surface area contributed by atoms with Gasteiger partial charge in [0.15, 0.2) is 5.54 Å². The summed E-state index contributed by atoms with van der Waals surface area (Å²) in [5, 5.41) is 0. The van der Waals surface area contributed by atoms with Gasteiger partial charge in [0.1, 0.15) is 6.58 Å². The first kappa shape index (κ1) is 10.6. The van der Waals surface area contributed by atoms with Gasteiger partial charge in [0.2, 0.25) is 5.91 Å². The van der Waals surface area contributed by atoms with Crippen LogP contribution in [0.5, 0.6) is 0 Å². The Morgan fingerprint density at radius 2 is 2.38 bits per heavy atom. The fourth-order valence-electron chi connectivity index (χ4n) is 0.790. The molecular formula is C10H13N3O3. The minimum absolute atomic E-state index is 0.376. The topological polar surface area (TPSA) is 108 Å². The predicted molar refractivity (Wildman–Crippen MR) is 55.8 cm³/mol. The highest BCUT2D eigenvalue weighted by Crippen LogP contribution is 2.05. The lowest BCUT2D eigenvalue weighted by molar-refractivity contribution is -0.154. The molecule has 6 nitrogen and oxygen atoms in total. The number of amides is 1. The molecule has 0 aromatic carbocycles. The maximum absolute atomic E-state index is 11.5. The van der Waals surface area contributed by atoms with Crippen molar-refractivity contribution < 1.29 is 15.7 Å². The molecule has 2 atom stereocenters. The van der Waals surface area contributed by atoms with Gasteiger partial charge in [-0.05, 0) is 13.0 Å². The highest BCUT2D eigenvalue weighted by Gasteiger charge is 2.36. The molecule has 0 fully saturated rings. The molecule has 0 aliphatic rings. The molecule has 0 aliphatic heterocycles. The van der Waals surface area contributed by atoms with Crippen LogP contribution in [-0.4, -0.2) is 22.4 Å². The quantitative estimate of drug-likeness (QED) is 0.520. The second-order valence-electron chi connectivity index (χ2n) is 3.38. The molecule has 0 aliphatic carbocycles. The minimum Gasteiger partial charge on any atom is -0.459 e. The molecule has 0 saturated heterocycles. The van der Waals surface area contributed by atoms with Crippen molar-refractivity contribution in [1.82, 2.24) is 4.98 Å². The number of ether oxygens (including phenoxy) is 1. The first-order valence-corrected chi connectivity index (χ1v) is 4.47. The van der Waals surface area contributed by atoms with Crippen LogP contribution in [0.15, 0.2) is 24.5 Å². The number of pyridine rings is 1. The molecule has 16 heavy (non-hydrogen) atoms. The van der Waals surface area contributed by atoms with Gasteiger partial charge in [0, 0.05) is 18.0 Å². The van der Waals surface area contributed by atoms with Gasteiger partial charge in [-0.25, -0.2) is 4.79 Å². The van der Waals surface area contributed by atoms with Crippen LogP contribution in [0, 0.1) is 0 Å². The van der Waals surface area contributed by atoms with E-state index in [1.807, 2.05) is 0 Å². The minimum atomic E-state index is -1.94. The highest BCUT2D eigenvalue weighted by molar-refractivity contribution is 6.05. The molecule has 1 rings (SSSR count). The number of carbonyl (C=O) groups is 2. The van der Waals surface area contributed by atoms with Crippen LogP contribution in [0.2, 0.25) is 0 Å². The summed E-state index contributed by atoms with van der Waals surface area (Å²) in [6.07, 6.45) is 2.90. The first-order chi connectivity index (χ1) is 7.85. The Morgan fingerprint density at radius 3 is 2.88 bits per heavy atom. The summed E-state index contributed by atoms with van der Waals surface area (Å²) in [6.45, 7) is -0.161. The molecule has 1 amide bonds. The Hall–Kier alpha value is -1.95. The standard InChI is InChI=1S/C10H13N3O3/c1-10(12,8(11)14)9(15)16-6-7-3-2-4-13-5-7/h2-5H,6,12H2,1H3,(H2,11,14)/t10-/m0/s1/i6D/t6?,10-. The fourth-order valence-corrected chi connectivity index (χ4v) is 0.790. The third kappa shape index (κ3) is 2.77. The predicted octanol–water partition coefficient (Wildman–Crippen LogP) is -0.672. The molecule has 0 saturated carbocycles. The first-order valence-electron chi connectivity index (χ1n) is 5.05. The van der Waals surface area contributed by atoms with E-state index in [9.17, 15) is 9.59 Å². The Morgan fingerprint density at radius 1 is 1.69 bits per heavy atom. The molecule has 1 heterocycles. The second-order valence-corrected chi connectivity index (χ2v) is 3.38. The van der Waals surface area contributed by atoms with E-state index < -0.39 is 24.0 Å². The van der Waals surface area contributed by atoms with Crippen LogP contribution >= 0.6 is 0 Å². The Labute approximate surface area is 94.0 Å². The summed E-state index contributed by atoms with van der Waals surface area (Å²) < 4.78 is 12.3. The van der Waals surface area contributed by atoms with Gasteiger partial charge in [-0.15, -0.1) is 0 Å². The molecule has 1 aromatic heterocycles. The van der Waals surface area contributed by atoms with Crippen molar-refractivity contribution in [3.05, 3.63) is 30.1 Å². The van der Waals surface area contributed by atoms with E-state index in [2.05, 4.69) is 4.98 Å². The third-order valence-corrected chi connectivity index (χ3v) is 1.92. The zero-order chi connectivity index (χ0) is 13.1. The van der Waals surface area contributed by atoms with Crippen LogP contribution in [0.1, 0.15) is 13.9 Å². The maximum atomic E-state index is 11.5. The number of nitrogens with zero attached hydrogens (tertiary/aromatic N) is 1. The molecule has 6 heteroatoms. The van der Waals surface area contributed by atoms with E-state index in [1.165, 1.54) is 12.4 Å². The largest absolute Gasteiger partial charge is 0.459 e. The summed E-state index contributed by atoms with van der Waals surface area (Å²) in [5.74, 6) is -2.06. The van der Waals surface area contributed by atoms with Crippen molar-refractivity contribution in [3.8, 4) is 0 Å². The zero-order valence-electron chi connectivity index (χ0n) is 9.71. The van der Waals surface area contributed by atoms with E-state index in [-0.39, 0.29) is 0 Å². The second kappa shape index (κ2) is 4.71. The van der Waals surface area contributed by atoms with Crippen molar-refractivity contribution in [3.63, 3.8) is 0 Å². The number of nitrogens with two attached hydrogens (primary N) is 2. The Bertz CT molecular complexity index is 422. The normalized spacial score (nSPS) is 16.8. The summed E-state index contributed by atoms with van der Waals surface area (Å²) in [7, 11) is 0. The average molecular weight is 224 g/mol. The summed E-state index contributed by atoms with van der Waals surface area (Å²) >= 11 is 0. The SMILES string of the molecule is [2H]C(OC(=O)[C@@](C)(N)C(N)=O)c1cccnc1. The molecule has 86 valence electrons. The van der Waals surface area contributed by atoms with Gasteiger partial charge < -0.3 is 16.2 Å². The van der Waals surface area contributed by atoms with Gasteiger partial charge in [-0.3, -0.25) is 9.78 Å². The number of aromatic nitrogens is 1. The lowest BCUT2D eigenvalue weighted by Crippen LogP contribution is -2.56. The molecule has 1 unspecified atom stereocenters. The highest BCUT2D eigenvalue weighted by atomic mass is 16.5. The fraction of sp³-hybridized carbons (Fsp3) is 0.300. The van der Waals surface area contributed by atoms with Gasteiger partial charge in [-0.2, -0.15) is 0 Å². The molecule has 0 spiro atoms. The number of carbonyl (C=O) groups excluding carboxylic acids is 2. The number of hydrogen-bond acceptors (Lipinski definition) is 5. The van der Waals surface area contributed by atoms with Crippen LogP contribution in [0.4, 0.5) is 0 Å². The summed E-state index contributed by atoms with van der Waals surface area (Å²) in [4.78, 5) is 26.2. The van der Waals surface area contributed by atoms with Crippen LogP contribution in [-0.2, 0) is 20.9 Å². The van der Waals surface area contributed by atoms with Crippen molar-refractivity contribution >= 4 is 11.9 Å². The van der Waals surface area contributed by atoms with Crippen LogP contribution in [0.25, 0.3) is 0 Å². The number of esters is 1. The smallest absolute Gasteiger partial charge is 0.335 e. The molecule has 1 aromatic rings. The van der Waals surface area contributed by atoms with Crippen molar-refractivity contribution in [2.45, 2.75) is 19.0 Å². The number of hydrogen-bond donors (Lipinski definition) is 2. The molecule has 4 N–H and O–H groups in total. The van der Waals surface area contributed by atoms with E-state index >= 15 is 0 Å². The number of rotatable bonds is 4. The molecule has 0 radical (unpaired) electrons. The zero-order valence-corrected chi connectivity index (χ0v) is 8.71. The molecular weight excluding hydrogens is 210 g/mol. The van der Waals surface area contributed by atoms with Crippen LogP contribution in [0.3, 0.4) is 0 Å². The van der Waals surface area contributed by atoms with E-state index in [0.717, 1.165) is 6.92 Å².